The Morgan fingerprint density at radius 1 is 1.27 bits per heavy atom. The molecule has 1 aromatic carbocycles. The van der Waals surface area contributed by atoms with Crippen LogP contribution in [0, 0.1) is 0 Å². The molecule has 0 saturated heterocycles. The van der Waals surface area contributed by atoms with Crippen LogP contribution in [0.5, 0.6) is 0 Å². The van der Waals surface area contributed by atoms with E-state index in [1.54, 1.807) is 5.56 Å². The van der Waals surface area contributed by atoms with Gasteiger partial charge in [-0.15, -0.1) is 0 Å². The van der Waals surface area contributed by atoms with Crippen LogP contribution in [-0.2, 0) is 12.0 Å². The fourth-order valence-electron chi connectivity index (χ4n) is 2.15. The van der Waals surface area contributed by atoms with Gasteiger partial charge >= 0.3 is 0 Å². The van der Waals surface area contributed by atoms with Crippen LogP contribution < -0.4 is 5.73 Å². The Labute approximate surface area is 92.7 Å². The van der Waals surface area contributed by atoms with E-state index in [9.17, 15) is 0 Å². The van der Waals surface area contributed by atoms with Gasteiger partial charge in [-0.05, 0) is 40.9 Å². The Hall–Kier alpha value is -0.820. The lowest BCUT2D eigenvalue weighted by atomic mass is 9.82. The molecule has 0 amide bonds. The molecular weight excluding hydrogens is 182 g/mol. The average molecular weight is 203 g/mol. The quantitative estimate of drug-likeness (QED) is 0.784. The SMILES string of the molecule is CC(C)(C)c1ccc(CN)cc1C1CC1. The van der Waals surface area contributed by atoms with Crippen molar-refractivity contribution in [2.75, 3.05) is 0 Å². The molecule has 1 aliphatic carbocycles. The van der Waals surface area contributed by atoms with Gasteiger partial charge in [-0.2, -0.15) is 0 Å². The molecule has 1 saturated carbocycles. The first kappa shape index (κ1) is 10.7. The van der Waals surface area contributed by atoms with Crippen molar-refractivity contribution in [3.63, 3.8) is 0 Å². The first-order valence-electron chi connectivity index (χ1n) is 5.86. The Kier molecular flexibility index (Phi) is 2.59. The number of benzene rings is 1. The van der Waals surface area contributed by atoms with E-state index in [2.05, 4.69) is 39.0 Å². The summed E-state index contributed by atoms with van der Waals surface area (Å²) in [6.45, 7) is 7.52. The Bertz CT molecular complexity index is 356. The zero-order valence-corrected chi connectivity index (χ0v) is 10.0. The summed E-state index contributed by atoms with van der Waals surface area (Å²) >= 11 is 0. The van der Waals surface area contributed by atoms with Crippen LogP contribution in [-0.4, -0.2) is 0 Å². The smallest absolute Gasteiger partial charge is 0.0178 e. The first-order chi connectivity index (χ1) is 7.02. The van der Waals surface area contributed by atoms with Gasteiger partial charge in [0.15, 0.2) is 0 Å². The number of rotatable bonds is 2. The highest BCUT2D eigenvalue weighted by Crippen LogP contribution is 2.44. The maximum Gasteiger partial charge on any atom is 0.0178 e. The molecule has 15 heavy (non-hydrogen) atoms. The van der Waals surface area contributed by atoms with Gasteiger partial charge in [0.1, 0.15) is 0 Å². The predicted octanol–water partition coefficient (Wildman–Crippen LogP) is 3.32. The van der Waals surface area contributed by atoms with Crippen molar-refractivity contribution in [3.8, 4) is 0 Å². The van der Waals surface area contributed by atoms with Gasteiger partial charge in [0.25, 0.3) is 0 Å². The van der Waals surface area contributed by atoms with Crippen molar-refractivity contribution in [1.29, 1.82) is 0 Å². The van der Waals surface area contributed by atoms with E-state index in [-0.39, 0.29) is 5.41 Å². The van der Waals surface area contributed by atoms with Crippen LogP contribution in [0.25, 0.3) is 0 Å². The molecule has 0 aromatic heterocycles. The minimum absolute atomic E-state index is 0.255. The summed E-state index contributed by atoms with van der Waals surface area (Å²) in [5.41, 5.74) is 10.3. The van der Waals surface area contributed by atoms with Crippen molar-refractivity contribution >= 4 is 0 Å². The molecule has 0 unspecified atom stereocenters. The number of hydrogen-bond acceptors (Lipinski definition) is 1. The normalized spacial score (nSPS) is 16.8. The number of hydrogen-bond donors (Lipinski definition) is 1. The van der Waals surface area contributed by atoms with Crippen LogP contribution in [0.1, 0.15) is 56.2 Å². The second kappa shape index (κ2) is 3.64. The lowest BCUT2D eigenvalue weighted by molar-refractivity contribution is 0.582. The van der Waals surface area contributed by atoms with Crippen molar-refractivity contribution in [2.45, 2.75) is 51.5 Å². The summed E-state index contributed by atoms with van der Waals surface area (Å²) in [5, 5.41) is 0. The van der Waals surface area contributed by atoms with Gasteiger partial charge in [-0.1, -0.05) is 39.0 Å². The van der Waals surface area contributed by atoms with E-state index in [4.69, 9.17) is 5.73 Å². The lowest BCUT2D eigenvalue weighted by Crippen LogP contribution is -2.14. The average Bonchev–Trinajstić information content (AvgIpc) is 2.98. The molecule has 1 nitrogen and oxygen atoms in total. The zero-order chi connectivity index (χ0) is 11.1. The van der Waals surface area contributed by atoms with Crippen LogP contribution in [0.4, 0.5) is 0 Å². The van der Waals surface area contributed by atoms with Crippen molar-refractivity contribution in [1.82, 2.24) is 0 Å². The van der Waals surface area contributed by atoms with Crippen molar-refractivity contribution in [3.05, 3.63) is 34.9 Å². The lowest BCUT2D eigenvalue weighted by Gasteiger charge is -2.23. The molecule has 0 heterocycles. The fourth-order valence-corrected chi connectivity index (χ4v) is 2.15. The van der Waals surface area contributed by atoms with E-state index in [1.807, 2.05) is 0 Å². The zero-order valence-electron chi connectivity index (χ0n) is 10.0. The molecule has 0 bridgehead atoms. The Balaban J connectivity index is 2.45. The molecule has 82 valence electrons. The third kappa shape index (κ3) is 2.23. The number of nitrogens with two attached hydrogens (primary N) is 1. The predicted molar refractivity (Wildman–Crippen MR) is 65.0 cm³/mol. The molecule has 0 spiro atoms. The molecule has 1 aromatic rings. The van der Waals surface area contributed by atoms with Gasteiger partial charge < -0.3 is 5.73 Å². The van der Waals surface area contributed by atoms with Gasteiger partial charge in [-0.25, -0.2) is 0 Å². The van der Waals surface area contributed by atoms with Crippen LogP contribution in [0.3, 0.4) is 0 Å². The molecule has 0 aliphatic heterocycles. The summed E-state index contributed by atoms with van der Waals surface area (Å²) < 4.78 is 0. The van der Waals surface area contributed by atoms with E-state index in [0.29, 0.717) is 6.54 Å². The highest BCUT2D eigenvalue weighted by molar-refractivity contribution is 5.40. The third-order valence-corrected chi connectivity index (χ3v) is 3.18. The highest BCUT2D eigenvalue weighted by atomic mass is 14.5. The standard InChI is InChI=1S/C14H21N/c1-14(2,3)13-7-4-10(9-15)8-12(13)11-5-6-11/h4,7-8,11H,5-6,9,15H2,1-3H3. The molecule has 1 heteroatoms. The topological polar surface area (TPSA) is 26.0 Å². The third-order valence-electron chi connectivity index (χ3n) is 3.18. The molecule has 0 radical (unpaired) electrons. The first-order valence-corrected chi connectivity index (χ1v) is 5.86. The molecule has 2 N–H and O–H groups in total. The summed E-state index contributed by atoms with van der Waals surface area (Å²) in [4.78, 5) is 0. The van der Waals surface area contributed by atoms with Gasteiger partial charge in [-0.3, -0.25) is 0 Å². The van der Waals surface area contributed by atoms with Gasteiger partial charge in [0.05, 0.1) is 0 Å². The maximum absolute atomic E-state index is 5.70. The van der Waals surface area contributed by atoms with E-state index in [1.165, 1.54) is 24.0 Å². The van der Waals surface area contributed by atoms with Crippen LogP contribution in [0.15, 0.2) is 18.2 Å². The molecular formula is C14H21N. The van der Waals surface area contributed by atoms with Crippen LogP contribution in [0.2, 0.25) is 0 Å². The summed E-state index contributed by atoms with van der Waals surface area (Å²) in [6.07, 6.45) is 2.72. The van der Waals surface area contributed by atoms with E-state index in [0.717, 1.165) is 5.92 Å². The minimum Gasteiger partial charge on any atom is -0.326 e. The maximum atomic E-state index is 5.70. The van der Waals surface area contributed by atoms with Crippen molar-refractivity contribution < 1.29 is 0 Å². The summed E-state index contributed by atoms with van der Waals surface area (Å²) in [6, 6.07) is 6.76. The second-order valence-corrected chi connectivity index (χ2v) is 5.65. The minimum atomic E-state index is 0.255. The Morgan fingerprint density at radius 2 is 1.93 bits per heavy atom. The molecule has 0 atom stereocenters. The van der Waals surface area contributed by atoms with Crippen molar-refractivity contribution in [2.24, 2.45) is 5.73 Å². The summed E-state index contributed by atoms with van der Waals surface area (Å²) in [7, 11) is 0. The van der Waals surface area contributed by atoms with Crippen LogP contribution >= 0.6 is 0 Å². The molecule has 1 aliphatic rings. The molecule has 2 rings (SSSR count). The monoisotopic (exact) mass is 203 g/mol. The highest BCUT2D eigenvalue weighted by Gasteiger charge is 2.29. The van der Waals surface area contributed by atoms with E-state index < -0.39 is 0 Å². The summed E-state index contributed by atoms with van der Waals surface area (Å²) in [5.74, 6) is 0.811. The molecule has 1 fully saturated rings. The largest absolute Gasteiger partial charge is 0.326 e. The van der Waals surface area contributed by atoms with Gasteiger partial charge in [0, 0.05) is 6.54 Å². The fraction of sp³-hybridized carbons (Fsp3) is 0.571. The second-order valence-electron chi connectivity index (χ2n) is 5.65. The van der Waals surface area contributed by atoms with Gasteiger partial charge in [0.2, 0.25) is 0 Å². The van der Waals surface area contributed by atoms with E-state index >= 15 is 0 Å². The Morgan fingerprint density at radius 3 is 2.40 bits per heavy atom.